The van der Waals surface area contributed by atoms with Crippen molar-refractivity contribution in [2.24, 2.45) is 0 Å². The molecule has 1 aliphatic heterocycles. The van der Waals surface area contributed by atoms with E-state index in [2.05, 4.69) is 0 Å². The molecule has 1 saturated heterocycles. The van der Waals surface area contributed by atoms with E-state index in [1.165, 1.54) is 6.07 Å². The van der Waals surface area contributed by atoms with Gasteiger partial charge in [-0.2, -0.15) is 0 Å². The van der Waals surface area contributed by atoms with E-state index in [1.54, 1.807) is 19.2 Å². The Hall–Kier alpha value is -1.82. The zero-order valence-corrected chi connectivity index (χ0v) is 9.59. The highest BCUT2D eigenvalue weighted by Crippen LogP contribution is 2.32. The van der Waals surface area contributed by atoms with E-state index in [0.29, 0.717) is 37.7 Å². The second-order valence-electron chi connectivity index (χ2n) is 3.71. The minimum Gasteiger partial charge on any atom is -0.497 e. The smallest absolute Gasteiger partial charge is 0.292 e. The van der Waals surface area contributed by atoms with Crippen molar-refractivity contribution in [1.82, 2.24) is 0 Å². The second kappa shape index (κ2) is 5.01. The average Bonchev–Trinajstić information content (AvgIpc) is 2.39. The van der Waals surface area contributed by atoms with E-state index < -0.39 is 0 Å². The monoisotopic (exact) mass is 238 g/mol. The maximum absolute atomic E-state index is 11.0. The molecule has 0 atom stereocenters. The molecule has 0 N–H and O–H groups in total. The van der Waals surface area contributed by atoms with Crippen LogP contribution in [0.2, 0.25) is 0 Å². The summed E-state index contributed by atoms with van der Waals surface area (Å²) in [6, 6.07) is 4.77. The Morgan fingerprint density at radius 1 is 1.41 bits per heavy atom. The van der Waals surface area contributed by atoms with Crippen LogP contribution in [0, 0.1) is 10.1 Å². The lowest BCUT2D eigenvalue weighted by molar-refractivity contribution is -0.384. The maximum atomic E-state index is 11.0. The highest BCUT2D eigenvalue weighted by molar-refractivity contribution is 5.66. The van der Waals surface area contributed by atoms with E-state index in [1.807, 2.05) is 4.90 Å². The Balaban J connectivity index is 2.36. The van der Waals surface area contributed by atoms with Gasteiger partial charge in [-0.05, 0) is 6.07 Å². The molecule has 17 heavy (non-hydrogen) atoms. The third-order valence-corrected chi connectivity index (χ3v) is 2.73. The molecule has 0 spiro atoms. The summed E-state index contributed by atoms with van der Waals surface area (Å²) in [5.74, 6) is 0.622. The van der Waals surface area contributed by atoms with Gasteiger partial charge in [0.2, 0.25) is 0 Å². The van der Waals surface area contributed by atoms with Crippen LogP contribution in [0.5, 0.6) is 5.75 Å². The molecule has 1 aliphatic rings. The molecule has 1 aromatic carbocycles. The van der Waals surface area contributed by atoms with Crippen molar-refractivity contribution in [2.75, 3.05) is 38.3 Å². The number of nitro groups is 1. The number of hydrogen-bond acceptors (Lipinski definition) is 5. The zero-order valence-electron chi connectivity index (χ0n) is 9.59. The number of rotatable bonds is 3. The van der Waals surface area contributed by atoms with Crippen LogP contribution in [0.15, 0.2) is 18.2 Å². The van der Waals surface area contributed by atoms with Crippen molar-refractivity contribution in [2.45, 2.75) is 0 Å². The lowest BCUT2D eigenvalue weighted by Crippen LogP contribution is -2.36. The molecule has 0 bridgehead atoms. The molecule has 6 heteroatoms. The van der Waals surface area contributed by atoms with E-state index in [4.69, 9.17) is 9.47 Å². The van der Waals surface area contributed by atoms with Crippen molar-refractivity contribution in [3.63, 3.8) is 0 Å². The molecule has 0 radical (unpaired) electrons. The summed E-state index contributed by atoms with van der Waals surface area (Å²) in [6.07, 6.45) is 0. The first-order chi connectivity index (χ1) is 8.22. The maximum Gasteiger partial charge on any atom is 0.292 e. The fourth-order valence-electron chi connectivity index (χ4n) is 1.84. The molecule has 0 amide bonds. The number of hydrogen-bond donors (Lipinski definition) is 0. The SMILES string of the molecule is COc1ccc([N+](=O)[O-])c(N2CCOCC2)c1. The molecule has 6 nitrogen and oxygen atoms in total. The van der Waals surface area contributed by atoms with Gasteiger partial charge in [-0.3, -0.25) is 10.1 Å². The lowest BCUT2D eigenvalue weighted by atomic mass is 10.2. The Labute approximate surface area is 98.9 Å². The highest BCUT2D eigenvalue weighted by atomic mass is 16.6. The van der Waals surface area contributed by atoms with E-state index in [9.17, 15) is 10.1 Å². The van der Waals surface area contributed by atoms with E-state index in [-0.39, 0.29) is 10.6 Å². The molecule has 0 unspecified atom stereocenters. The van der Waals surface area contributed by atoms with Gasteiger partial charge in [0.25, 0.3) is 5.69 Å². The van der Waals surface area contributed by atoms with Gasteiger partial charge < -0.3 is 14.4 Å². The van der Waals surface area contributed by atoms with Crippen LogP contribution >= 0.6 is 0 Å². The van der Waals surface area contributed by atoms with Crippen molar-refractivity contribution < 1.29 is 14.4 Å². The number of methoxy groups -OCH3 is 1. The Kier molecular flexibility index (Phi) is 3.43. The average molecular weight is 238 g/mol. The fourth-order valence-corrected chi connectivity index (χ4v) is 1.84. The second-order valence-corrected chi connectivity index (χ2v) is 3.71. The predicted octanol–water partition coefficient (Wildman–Crippen LogP) is 1.44. The van der Waals surface area contributed by atoms with Gasteiger partial charge in [0.05, 0.1) is 25.2 Å². The van der Waals surface area contributed by atoms with Gasteiger partial charge in [-0.1, -0.05) is 0 Å². The molecule has 1 fully saturated rings. The first-order valence-electron chi connectivity index (χ1n) is 5.37. The number of morpholine rings is 1. The largest absolute Gasteiger partial charge is 0.497 e. The molecule has 92 valence electrons. The molecular weight excluding hydrogens is 224 g/mol. The minimum absolute atomic E-state index is 0.104. The van der Waals surface area contributed by atoms with E-state index >= 15 is 0 Å². The van der Waals surface area contributed by atoms with Gasteiger partial charge >= 0.3 is 0 Å². The van der Waals surface area contributed by atoms with Crippen molar-refractivity contribution >= 4 is 11.4 Å². The summed E-state index contributed by atoms with van der Waals surface area (Å²) in [6.45, 7) is 2.50. The number of anilines is 1. The highest BCUT2D eigenvalue weighted by Gasteiger charge is 2.21. The van der Waals surface area contributed by atoms with Gasteiger partial charge in [0.1, 0.15) is 11.4 Å². The predicted molar refractivity (Wildman–Crippen MR) is 62.7 cm³/mol. The molecular formula is C11H14N2O4. The first kappa shape index (κ1) is 11.7. The summed E-state index contributed by atoms with van der Waals surface area (Å²) in [7, 11) is 1.55. The topological polar surface area (TPSA) is 64.8 Å². The zero-order chi connectivity index (χ0) is 12.3. The summed E-state index contributed by atoms with van der Waals surface area (Å²) in [5.41, 5.74) is 0.699. The normalized spacial score (nSPS) is 15.7. The van der Waals surface area contributed by atoms with Crippen LogP contribution in [-0.4, -0.2) is 38.3 Å². The van der Waals surface area contributed by atoms with Crippen LogP contribution in [0.3, 0.4) is 0 Å². The standard InChI is InChI=1S/C11H14N2O4/c1-16-9-2-3-10(13(14)15)11(8-9)12-4-6-17-7-5-12/h2-3,8H,4-7H2,1H3. The van der Waals surface area contributed by atoms with Crippen LogP contribution in [0.1, 0.15) is 0 Å². The third-order valence-electron chi connectivity index (χ3n) is 2.73. The quantitative estimate of drug-likeness (QED) is 0.589. The minimum atomic E-state index is -0.371. The first-order valence-corrected chi connectivity index (χ1v) is 5.37. The van der Waals surface area contributed by atoms with E-state index in [0.717, 1.165) is 0 Å². The Morgan fingerprint density at radius 3 is 2.71 bits per heavy atom. The molecule has 1 heterocycles. The van der Waals surface area contributed by atoms with Crippen LogP contribution in [0.4, 0.5) is 11.4 Å². The number of nitrogens with zero attached hydrogens (tertiary/aromatic N) is 2. The number of ether oxygens (including phenoxy) is 2. The van der Waals surface area contributed by atoms with Crippen LogP contribution in [-0.2, 0) is 4.74 Å². The number of benzene rings is 1. The molecule has 0 aliphatic carbocycles. The van der Waals surface area contributed by atoms with Crippen LogP contribution in [0.25, 0.3) is 0 Å². The van der Waals surface area contributed by atoms with Gasteiger partial charge in [-0.25, -0.2) is 0 Å². The summed E-state index contributed by atoms with van der Waals surface area (Å²) < 4.78 is 10.3. The summed E-state index contributed by atoms with van der Waals surface area (Å²) in [4.78, 5) is 12.5. The van der Waals surface area contributed by atoms with Gasteiger partial charge in [0.15, 0.2) is 0 Å². The summed E-state index contributed by atoms with van der Waals surface area (Å²) >= 11 is 0. The molecule has 2 rings (SSSR count). The third kappa shape index (κ3) is 2.47. The van der Waals surface area contributed by atoms with Gasteiger partial charge in [-0.15, -0.1) is 0 Å². The molecule has 0 aromatic heterocycles. The fraction of sp³-hybridized carbons (Fsp3) is 0.455. The Morgan fingerprint density at radius 2 is 2.12 bits per heavy atom. The Bertz CT molecular complexity index is 416. The number of nitro benzene ring substituents is 1. The van der Waals surface area contributed by atoms with Gasteiger partial charge in [0, 0.05) is 25.2 Å². The van der Waals surface area contributed by atoms with Crippen LogP contribution < -0.4 is 9.64 Å². The summed E-state index contributed by atoms with van der Waals surface area (Å²) in [5, 5.41) is 11.0. The van der Waals surface area contributed by atoms with Crippen molar-refractivity contribution in [3.05, 3.63) is 28.3 Å². The van der Waals surface area contributed by atoms with Crippen molar-refractivity contribution in [3.8, 4) is 5.75 Å². The van der Waals surface area contributed by atoms with Crippen molar-refractivity contribution in [1.29, 1.82) is 0 Å². The molecule has 0 saturated carbocycles. The molecule has 1 aromatic rings. The lowest BCUT2D eigenvalue weighted by Gasteiger charge is -2.28.